The van der Waals surface area contributed by atoms with Gasteiger partial charge in [0.2, 0.25) is 0 Å². The first kappa shape index (κ1) is 13.4. The van der Waals surface area contributed by atoms with Crippen LogP contribution in [0.5, 0.6) is 0 Å². The fraction of sp³-hybridized carbons (Fsp3) is 0.800. The molecule has 1 aliphatic heterocycles. The molecule has 3 fully saturated rings. The van der Waals surface area contributed by atoms with Crippen LogP contribution in [0.1, 0.15) is 0 Å². The number of allylic oxidation sites excluding steroid dienone is 2. The molecule has 0 aromatic carbocycles. The van der Waals surface area contributed by atoms with Crippen molar-refractivity contribution in [3.05, 3.63) is 10.1 Å². The molecule has 1 saturated heterocycles. The van der Waals surface area contributed by atoms with Gasteiger partial charge in [-0.05, 0) is 0 Å². The maximum Gasteiger partial charge on any atom is 0.166 e. The third kappa shape index (κ3) is 1.02. The Balaban J connectivity index is 2.01. The van der Waals surface area contributed by atoms with Crippen LogP contribution in [-0.4, -0.2) is 31.7 Å². The highest BCUT2D eigenvalue weighted by atomic mass is 35.5. The molecule has 100 valence electrons. The molecular formula is C10H5Cl7O. The van der Waals surface area contributed by atoms with Crippen LogP contribution in [0.2, 0.25) is 0 Å². The molecule has 0 aromatic heterocycles. The van der Waals surface area contributed by atoms with E-state index in [1.807, 2.05) is 0 Å². The van der Waals surface area contributed by atoms with Crippen LogP contribution in [-0.2, 0) is 4.74 Å². The zero-order valence-electron chi connectivity index (χ0n) is 8.44. The van der Waals surface area contributed by atoms with Crippen molar-refractivity contribution in [3.8, 4) is 0 Å². The number of fused-ring (bicyclic) bond motifs is 7. The van der Waals surface area contributed by atoms with Crippen molar-refractivity contribution < 1.29 is 4.74 Å². The number of alkyl halides is 5. The fourth-order valence-corrected chi connectivity index (χ4v) is 7.49. The first-order valence-corrected chi connectivity index (χ1v) is 8.02. The molecule has 7 atom stereocenters. The molecule has 1 heterocycles. The Kier molecular flexibility index (Phi) is 2.52. The molecule has 4 aliphatic rings. The van der Waals surface area contributed by atoms with Crippen LogP contribution in [0.3, 0.4) is 0 Å². The lowest BCUT2D eigenvalue weighted by Gasteiger charge is -2.35. The molecule has 3 unspecified atom stereocenters. The van der Waals surface area contributed by atoms with E-state index in [4.69, 9.17) is 85.9 Å². The van der Waals surface area contributed by atoms with Crippen molar-refractivity contribution in [2.75, 3.05) is 0 Å². The molecule has 8 heteroatoms. The van der Waals surface area contributed by atoms with Crippen molar-refractivity contribution in [2.24, 2.45) is 11.8 Å². The van der Waals surface area contributed by atoms with Gasteiger partial charge in [-0.3, -0.25) is 0 Å². The molecule has 0 aromatic rings. The molecule has 0 N–H and O–H groups in total. The summed E-state index contributed by atoms with van der Waals surface area (Å²) in [5.74, 6) is -0.457. The summed E-state index contributed by atoms with van der Waals surface area (Å²) in [5, 5.41) is 0.111. The summed E-state index contributed by atoms with van der Waals surface area (Å²) in [4.78, 5) is -2.48. The van der Waals surface area contributed by atoms with Gasteiger partial charge >= 0.3 is 0 Å². The van der Waals surface area contributed by atoms with Crippen molar-refractivity contribution in [2.45, 2.75) is 31.7 Å². The number of epoxide rings is 1. The number of rotatable bonds is 0. The standard InChI is InChI=1S/C10H5Cl7O/c11-3-1-2(4-5(3)18-4)9(15)7(13)6(12)8(1,14)10(9,16)17/h1-5H/t1-,2+,3?,4+,5-,8?,9?/m1/s1. The number of hydrogen-bond acceptors (Lipinski definition) is 1. The van der Waals surface area contributed by atoms with E-state index in [2.05, 4.69) is 0 Å². The van der Waals surface area contributed by atoms with Crippen LogP contribution in [0.4, 0.5) is 0 Å². The van der Waals surface area contributed by atoms with E-state index < -0.39 is 14.1 Å². The minimum Gasteiger partial charge on any atom is -0.368 e. The summed E-state index contributed by atoms with van der Waals surface area (Å²) in [6.45, 7) is 0. The third-order valence-electron chi connectivity index (χ3n) is 4.62. The summed E-state index contributed by atoms with van der Waals surface area (Å²) < 4.78 is 4.00. The van der Waals surface area contributed by atoms with Crippen LogP contribution in [0, 0.1) is 11.8 Å². The van der Waals surface area contributed by atoms with Crippen molar-refractivity contribution in [1.29, 1.82) is 0 Å². The van der Waals surface area contributed by atoms with Gasteiger partial charge in [0.05, 0.1) is 21.5 Å². The zero-order valence-corrected chi connectivity index (χ0v) is 13.7. The molecule has 2 saturated carbocycles. The van der Waals surface area contributed by atoms with Gasteiger partial charge in [-0.1, -0.05) is 46.4 Å². The highest BCUT2D eigenvalue weighted by Crippen LogP contribution is 2.81. The van der Waals surface area contributed by atoms with E-state index >= 15 is 0 Å². The normalized spacial score (nSPS) is 63.2. The SMILES string of the molecule is ClC1=C(Cl)C2(Cl)[C@H]3C(Cl)[C@H]4O[C@H]4[C@H]3C1(Cl)C2(Cl)Cl. The molecule has 0 radical (unpaired) electrons. The largest absolute Gasteiger partial charge is 0.368 e. The van der Waals surface area contributed by atoms with Gasteiger partial charge in [-0.15, -0.1) is 34.8 Å². The van der Waals surface area contributed by atoms with Gasteiger partial charge in [0.25, 0.3) is 0 Å². The molecule has 2 bridgehead atoms. The van der Waals surface area contributed by atoms with Crippen LogP contribution in [0.15, 0.2) is 10.1 Å². The topological polar surface area (TPSA) is 12.5 Å². The van der Waals surface area contributed by atoms with E-state index in [1.165, 1.54) is 0 Å². The molecule has 0 amide bonds. The summed E-state index contributed by atoms with van der Waals surface area (Å²) >= 11 is 45.0. The lowest BCUT2D eigenvalue weighted by molar-refractivity contribution is 0.204. The Morgan fingerprint density at radius 2 is 1.33 bits per heavy atom. The Bertz CT molecular complexity index is 476. The number of halogens is 7. The van der Waals surface area contributed by atoms with E-state index in [1.54, 1.807) is 0 Å². The lowest BCUT2D eigenvalue weighted by Crippen LogP contribution is -2.46. The summed E-state index contributed by atoms with van der Waals surface area (Å²) in [6, 6.07) is 0. The Hall–Kier alpha value is 1.73. The molecule has 1 nitrogen and oxygen atoms in total. The monoisotopic (exact) mass is 386 g/mol. The van der Waals surface area contributed by atoms with Gasteiger partial charge in [-0.2, -0.15) is 0 Å². The molecule has 3 aliphatic carbocycles. The van der Waals surface area contributed by atoms with Gasteiger partial charge in [0, 0.05) is 11.8 Å². The Morgan fingerprint density at radius 1 is 0.833 bits per heavy atom. The second kappa shape index (κ2) is 3.38. The molecule has 4 rings (SSSR count). The van der Waals surface area contributed by atoms with E-state index in [-0.39, 0.29) is 39.5 Å². The van der Waals surface area contributed by atoms with Gasteiger partial charge in [-0.25, -0.2) is 0 Å². The molecular weight excluding hydrogens is 384 g/mol. The number of ether oxygens (including phenoxy) is 1. The van der Waals surface area contributed by atoms with Crippen LogP contribution < -0.4 is 0 Å². The first-order valence-electron chi connectivity index (χ1n) is 5.32. The average Bonchev–Trinajstić information content (AvgIpc) is 2.98. The maximum atomic E-state index is 6.65. The quantitative estimate of drug-likeness (QED) is 0.441. The van der Waals surface area contributed by atoms with Gasteiger partial charge in [0.15, 0.2) is 4.33 Å². The Morgan fingerprint density at radius 3 is 1.89 bits per heavy atom. The lowest BCUT2D eigenvalue weighted by atomic mass is 9.83. The summed E-state index contributed by atoms with van der Waals surface area (Å²) in [7, 11) is 0. The highest BCUT2D eigenvalue weighted by molar-refractivity contribution is 6.66. The predicted octanol–water partition coefficient (Wildman–Crippen LogP) is 4.45. The van der Waals surface area contributed by atoms with E-state index in [0.717, 1.165) is 0 Å². The first-order chi connectivity index (χ1) is 8.20. The van der Waals surface area contributed by atoms with Gasteiger partial charge < -0.3 is 4.74 Å². The smallest absolute Gasteiger partial charge is 0.166 e. The maximum absolute atomic E-state index is 6.65. The third-order valence-corrected chi connectivity index (χ3v) is 9.44. The van der Waals surface area contributed by atoms with Gasteiger partial charge in [0.1, 0.15) is 15.9 Å². The average molecular weight is 389 g/mol. The number of hydrogen-bond donors (Lipinski definition) is 0. The van der Waals surface area contributed by atoms with Crippen molar-refractivity contribution >= 4 is 81.2 Å². The van der Waals surface area contributed by atoms with E-state index in [9.17, 15) is 0 Å². The second-order valence-corrected chi connectivity index (χ2v) is 8.97. The van der Waals surface area contributed by atoms with Crippen molar-refractivity contribution in [1.82, 2.24) is 0 Å². The fourth-order valence-electron chi connectivity index (χ4n) is 3.80. The minimum atomic E-state index is -1.50. The summed E-state index contributed by atoms with van der Waals surface area (Å²) in [6.07, 6.45) is -0.152. The minimum absolute atomic E-state index is 0.0608. The van der Waals surface area contributed by atoms with Crippen LogP contribution in [0.25, 0.3) is 0 Å². The molecule has 0 spiro atoms. The highest BCUT2D eigenvalue weighted by Gasteiger charge is 2.89. The Labute approximate surface area is 139 Å². The second-order valence-electron chi connectivity index (χ2n) is 5.19. The zero-order chi connectivity index (χ0) is 13.2. The van der Waals surface area contributed by atoms with Crippen LogP contribution >= 0.6 is 81.2 Å². The summed E-state index contributed by atoms with van der Waals surface area (Å²) in [5.41, 5.74) is 0. The van der Waals surface area contributed by atoms with E-state index in [0.29, 0.717) is 0 Å². The molecule has 18 heavy (non-hydrogen) atoms. The predicted molar refractivity (Wildman–Crippen MR) is 75.6 cm³/mol. The van der Waals surface area contributed by atoms with Crippen molar-refractivity contribution in [3.63, 3.8) is 0 Å².